The molecule has 1 atom stereocenters. The minimum Gasteiger partial charge on any atom is -0.349 e. The van der Waals surface area contributed by atoms with E-state index in [4.69, 9.17) is 11.6 Å². The summed E-state index contributed by atoms with van der Waals surface area (Å²) >= 11 is 5.56. The van der Waals surface area contributed by atoms with E-state index in [9.17, 15) is 22.8 Å². The lowest BCUT2D eigenvalue weighted by atomic mass is 10.0. The minimum atomic E-state index is -4.62. The van der Waals surface area contributed by atoms with Crippen LogP contribution in [0.25, 0.3) is 0 Å². The molecular weight excluding hydrogens is 369 g/mol. The average Bonchev–Trinajstić information content (AvgIpc) is 2.55. The lowest BCUT2D eigenvalue weighted by Crippen LogP contribution is -2.29. The lowest BCUT2D eigenvalue weighted by molar-refractivity contribution is -0.137. The molecule has 0 fully saturated rings. The van der Waals surface area contributed by atoms with E-state index in [-0.39, 0.29) is 18.0 Å². The van der Waals surface area contributed by atoms with Gasteiger partial charge in [-0.15, -0.1) is 0 Å². The summed E-state index contributed by atoms with van der Waals surface area (Å²) in [5.74, 6) is -0.861. The van der Waals surface area contributed by atoms with Crippen molar-refractivity contribution in [3.05, 3.63) is 64.7 Å². The normalized spacial score (nSPS) is 12.3. The molecule has 4 nitrogen and oxygen atoms in total. The van der Waals surface area contributed by atoms with Crippen molar-refractivity contribution in [1.29, 1.82) is 0 Å². The Hall–Kier alpha value is -2.54. The second kappa shape index (κ2) is 8.23. The number of rotatable bonds is 5. The molecule has 8 heteroatoms. The van der Waals surface area contributed by atoms with Crippen molar-refractivity contribution in [2.45, 2.75) is 25.6 Å². The van der Waals surface area contributed by atoms with Gasteiger partial charge in [-0.05, 0) is 23.8 Å². The molecule has 0 spiro atoms. The van der Waals surface area contributed by atoms with Crippen LogP contribution < -0.4 is 10.6 Å². The predicted octanol–water partition coefficient (Wildman–Crippen LogP) is 4.56. The van der Waals surface area contributed by atoms with Gasteiger partial charge in [0.2, 0.25) is 11.8 Å². The number of hydrogen-bond acceptors (Lipinski definition) is 2. The second-order valence-corrected chi connectivity index (χ2v) is 6.02. The molecule has 0 aliphatic carbocycles. The molecule has 0 saturated carbocycles. The van der Waals surface area contributed by atoms with Crippen molar-refractivity contribution in [3.8, 4) is 0 Å². The van der Waals surface area contributed by atoms with Gasteiger partial charge in [0, 0.05) is 12.6 Å². The quantitative estimate of drug-likeness (QED) is 0.793. The summed E-state index contributed by atoms with van der Waals surface area (Å²) in [6.45, 7) is 1.32. The van der Waals surface area contributed by atoms with E-state index in [2.05, 4.69) is 10.6 Å². The van der Waals surface area contributed by atoms with Crippen molar-refractivity contribution >= 4 is 29.1 Å². The number of alkyl halides is 3. The van der Waals surface area contributed by atoms with Crippen LogP contribution in [0.15, 0.2) is 48.5 Å². The molecule has 0 bridgehead atoms. The van der Waals surface area contributed by atoms with Crippen molar-refractivity contribution in [3.63, 3.8) is 0 Å². The topological polar surface area (TPSA) is 58.2 Å². The third kappa shape index (κ3) is 5.49. The first kappa shape index (κ1) is 19.8. The van der Waals surface area contributed by atoms with Gasteiger partial charge in [-0.25, -0.2) is 0 Å². The highest BCUT2D eigenvalue weighted by molar-refractivity contribution is 6.31. The van der Waals surface area contributed by atoms with Gasteiger partial charge >= 0.3 is 6.18 Å². The monoisotopic (exact) mass is 384 g/mol. The standard InChI is InChI=1S/C18H16ClF3N2O2/c1-11(25)23-16(12-5-3-2-4-6-12)10-17(26)24-13-7-8-15(19)14(9-13)18(20,21)22/h2-9,16H,10H2,1H3,(H,23,25)(H,24,26). The van der Waals surface area contributed by atoms with Gasteiger partial charge in [-0.3, -0.25) is 9.59 Å². The molecule has 0 aromatic heterocycles. The number of hydrogen-bond donors (Lipinski definition) is 2. The number of anilines is 1. The summed E-state index contributed by atoms with van der Waals surface area (Å²) in [6.07, 6.45) is -4.76. The Labute approximate surface area is 153 Å². The van der Waals surface area contributed by atoms with E-state index >= 15 is 0 Å². The molecule has 2 amide bonds. The maximum absolute atomic E-state index is 12.9. The van der Waals surface area contributed by atoms with Crippen LogP contribution >= 0.6 is 11.6 Å². The summed E-state index contributed by atoms with van der Waals surface area (Å²) in [6, 6.07) is 11.3. The molecule has 2 rings (SSSR count). The number of nitrogens with one attached hydrogen (secondary N) is 2. The van der Waals surface area contributed by atoms with Crippen LogP contribution in [-0.4, -0.2) is 11.8 Å². The molecule has 0 saturated heterocycles. The molecule has 0 aliphatic rings. The molecule has 2 N–H and O–H groups in total. The first-order valence-corrected chi connectivity index (χ1v) is 8.03. The predicted molar refractivity (Wildman–Crippen MR) is 92.7 cm³/mol. The van der Waals surface area contributed by atoms with Crippen molar-refractivity contribution in [1.82, 2.24) is 5.32 Å². The third-order valence-corrected chi connectivity index (χ3v) is 3.85. The van der Waals surface area contributed by atoms with Crippen LogP contribution in [0.1, 0.15) is 30.5 Å². The summed E-state index contributed by atoms with van der Waals surface area (Å²) in [4.78, 5) is 23.6. The highest BCUT2D eigenvalue weighted by atomic mass is 35.5. The molecule has 1 unspecified atom stereocenters. The highest BCUT2D eigenvalue weighted by Gasteiger charge is 2.33. The Kier molecular flexibility index (Phi) is 6.26. The Bertz CT molecular complexity index is 795. The van der Waals surface area contributed by atoms with Gasteiger partial charge in [0.25, 0.3) is 0 Å². The molecular formula is C18H16ClF3N2O2. The fraction of sp³-hybridized carbons (Fsp3) is 0.222. The fourth-order valence-electron chi connectivity index (χ4n) is 2.40. The largest absolute Gasteiger partial charge is 0.417 e. The second-order valence-electron chi connectivity index (χ2n) is 5.61. The van der Waals surface area contributed by atoms with Gasteiger partial charge in [-0.1, -0.05) is 41.9 Å². The van der Waals surface area contributed by atoms with Gasteiger partial charge < -0.3 is 10.6 Å². The van der Waals surface area contributed by atoms with Crippen LogP contribution in [0.5, 0.6) is 0 Å². The highest BCUT2D eigenvalue weighted by Crippen LogP contribution is 2.36. The third-order valence-electron chi connectivity index (χ3n) is 3.52. The van der Waals surface area contributed by atoms with Crippen LogP contribution in [0, 0.1) is 0 Å². The maximum atomic E-state index is 12.9. The SMILES string of the molecule is CC(=O)NC(CC(=O)Nc1ccc(Cl)c(C(F)(F)F)c1)c1ccccc1. The Morgan fingerprint density at radius 2 is 1.77 bits per heavy atom. The number of benzene rings is 2. The number of amides is 2. The molecule has 2 aromatic carbocycles. The Balaban J connectivity index is 2.14. The molecule has 0 radical (unpaired) electrons. The molecule has 0 heterocycles. The minimum absolute atomic E-state index is 0.0265. The maximum Gasteiger partial charge on any atom is 0.417 e. The zero-order valence-corrected chi connectivity index (χ0v) is 14.5. The summed E-state index contributed by atoms with van der Waals surface area (Å²) in [5.41, 5.74) is -0.343. The lowest BCUT2D eigenvalue weighted by Gasteiger charge is -2.18. The van der Waals surface area contributed by atoms with Crippen LogP contribution in [0.3, 0.4) is 0 Å². The molecule has 138 valence electrons. The molecule has 26 heavy (non-hydrogen) atoms. The zero-order chi connectivity index (χ0) is 19.3. The van der Waals surface area contributed by atoms with Crippen molar-refractivity contribution in [2.75, 3.05) is 5.32 Å². The average molecular weight is 385 g/mol. The summed E-state index contributed by atoms with van der Waals surface area (Å²) < 4.78 is 38.7. The Morgan fingerprint density at radius 1 is 1.12 bits per heavy atom. The van der Waals surface area contributed by atoms with Crippen LogP contribution in [-0.2, 0) is 15.8 Å². The van der Waals surface area contributed by atoms with E-state index in [0.717, 1.165) is 12.1 Å². The van der Waals surface area contributed by atoms with Crippen molar-refractivity contribution < 1.29 is 22.8 Å². The first-order chi connectivity index (χ1) is 12.2. The van der Waals surface area contributed by atoms with E-state index in [1.54, 1.807) is 30.3 Å². The Morgan fingerprint density at radius 3 is 2.35 bits per heavy atom. The van der Waals surface area contributed by atoms with E-state index in [1.165, 1.54) is 13.0 Å². The smallest absolute Gasteiger partial charge is 0.349 e. The zero-order valence-electron chi connectivity index (χ0n) is 13.7. The molecule has 2 aromatic rings. The number of halogens is 4. The number of carbonyl (C=O) groups is 2. The molecule has 0 aliphatic heterocycles. The van der Waals surface area contributed by atoms with E-state index in [0.29, 0.717) is 5.56 Å². The first-order valence-electron chi connectivity index (χ1n) is 7.65. The van der Waals surface area contributed by atoms with Crippen molar-refractivity contribution in [2.24, 2.45) is 0 Å². The van der Waals surface area contributed by atoms with Gasteiger partial charge in [0.1, 0.15) is 0 Å². The fourth-order valence-corrected chi connectivity index (χ4v) is 2.63. The number of carbonyl (C=O) groups excluding carboxylic acids is 2. The summed E-state index contributed by atoms with van der Waals surface area (Å²) in [7, 11) is 0. The van der Waals surface area contributed by atoms with E-state index in [1.807, 2.05) is 0 Å². The van der Waals surface area contributed by atoms with Crippen LogP contribution in [0.2, 0.25) is 5.02 Å². The van der Waals surface area contributed by atoms with Gasteiger partial charge in [0.15, 0.2) is 0 Å². The van der Waals surface area contributed by atoms with Gasteiger partial charge in [-0.2, -0.15) is 13.2 Å². The van der Waals surface area contributed by atoms with Gasteiger partial charge in [0.05, 0.1) is 23.0 Å². The summed E-state index contributed by atoms with van der Waals surface area (Å²) in [5, 5.41) is 4.61. The van der Waals surface area contributed by atoms with Crippen LogP contribution in [0.4, 0.5) is 18.9 Å². The van der Waals surface area contributed by atoms with E-state index < -0.39 is 28.7 Å².